The molecule has 0 atom stereocenters. The van der Waals surface area contributed by atoms with Gasteiger partial charge in [0.25, 0.3) is 0 Å². The Hall–Kier alpha value is -1.33. The molecule has 2 aromatic rings. The monoisotopic (exact) mass is 265 g/mol. The Kier molecular flexibility index (Phi) is 2.99. The van der Waals surface area contributed by atoms with Gasteiger partial charge in [0, 0.05) is 5.69 Å². The molecule has 0 bridgehead atoms. The molecular weight excluding hydrogens is 246 g/mol. The minimum Gasteiger partial charge on any atom is -0.399 e. The van der Waals surface area contributed by atoms with E-state index in [0.29, 0.717) is 0 Å². The van der Waals surface area contributed by atoms with Gasteiger partial charge < -0.3 is 16.2 Å². The molecule has 2 rings (SSSR count). The number of nitrogen functional groups attached to an aromatic ring is 1. The quantitative estimate of drug-likeness (QED) is 0.746. The van der Waals surface area contributed by atoms with Crippen molar-refractivity contribution in [3.8, 4) is 0 Å². The van der Waals surface area contributed by atoms with Gasteiger partial charge >= 0.3 is 0 Å². The molecule has 0 spiro atoms. The van der Waals surface area contributed by atoms with Gasteiger partial charge in [-0.2, -0.15) is 0 Å². The molecule has 0 aliphatic heterocycles. The maximum atomic E-state index is 10.1. The molecule has 0 radical (unpaired) electrons. The first-order valence-corrected chi connectivity index (χ1v) is 6.67. The first kappa shape index (κ1) is 13.1. The van der Waals surface area contributed by atoms with Crippen LogP contribution in [-0.4, -0.2) is 21.2 Å². The highest BCUT2D eigenvalue weighted by Gasteiger charge is 2.35. The van der Waals surface area contributed by atoms with Crippen LogP contribution in [0.3, 0.4) is 0 Å². The Bertz CT molecular complexity index is 569. The fraction of sp³-hybridized carbons (Fsp3) is 0.462. The van der Waals surface area contributed by atoms with Crippen molar-refractivity contribution in [3.05, 3.63) is 18.2 Å². The van der Waals surface area contributed by atoms with E-state index in [1.165, 1.54) is 0 Å². The van der Waals surface area contributed by atoms with Crippen LogP contribution in [0.15, 0.2) is 18.2 Å². The lowest BCUT2D eigenvalue weighted by Crippen LogP contribution is -2.51. The lowest BCUT2D eigenvalue weighted by molar-refractivity contribution is 0.0240. The van der Waals surface area contributed by atoms with Gasteiger partial charge in [0.05, 0.1) is 21.4 Å². The standard InChI is InChI=1S/C13H19N3OS/c1-12(2,13(3,4)17)16-11-15-9-6-5-8(14)7-10(9)18-11/h5-7,17H,14H2,1-4H3,(H,15,16). The van der Waals surface area contributed by atoms with Crippen LogP contribution < -0.4 is 11.1 Å². The van der Waals surface area contributed by atoms with Gasteiger partial charge in [-0.05, 0) is 45.9 Å². The Morgan fingerprint density at radius 2 is 1.94 bits per heavy atom. The zero-order chi connectivity index (χ0) is 13.6. The summed E-state index contributed by atoms with van der Waals surface area (Å²) in [5, 5.41) is 14.2. The number of hydrogen-bond acceptors (Lipinski definition) is 5. The van der Waals surface area contributed by atoms with E-state index in [1.54, 1.807) is 25.2 Å². The molecule has 98 valence electrons. The summed E-state index contributed by atoms with van der Waals surface area (Å²) in [5.41, 5.74) is 6.09. The van der Waals surface area contributed by atoms with Crippen molar-refractivity contribution < 1.29 is 5.11 Å². The average molecular weight is 265 g/mol. The highest BCUT2D eigenvalue weighted by atomic mass is 32.1. The molecule has 1 aromatic heterocycles. The summed E-state index contributed by atoms with van der Waals surface area (Å²) < 4.78 is 1.05. The third kappa shape index (κ3) is 2.42. The van der Waals surface area contributed by atoms with Crippen LogP contribution >= 0.6 is 11.3 Å². The maximum absolute atomic E-state index is 10.1. The van der Waals surface area contributed by atoms with Gasteiger partial charge in [-0.1, -0.05) is 11.3 Å². The molecule has 0 amide bonds. The lowest BCUT2D eigenvalue weighted by atomic mass is 9.86. The second-order valence-corrected chi connectivity index (χ2v) is 6.59. The number of fused-ring (bicyclic) bond motifs is 1. The van der Waals surface area contributed by atoms with E-state index >= 15 is 0 Å². The third-order valence-corrected chi connectivity index (χ3v) is 4.30. The van der Waals surface area contributed by atoms with E-state index in [4.69, 9.17) is 5.73 Å². The Morgan fingerprint density at radius 1 is 1.28 bits per heavy atom. The van der Waals surface area contributed by atoms with Gasteiger partial charge in [-0.3, -0.25) is 0 Å². The summed E-state index contributed by atoms with van der Waals surface area (Å²) >= 11 is 1.54. The number of nitrogens with two attached hydrogens (primary N) is 1. The van der Waals surface area contributed by atoms with Crippen molar-refractivity contribution in [1.29, 1.82) is 0 Å². The fourth-order valence-corrected chi connectivity index (χ4v) is 2.49. The molecular formula is C13H19N3OS. The van der Waals surface area contributed by atoms with Gasteiger partial charge in [0.15, 0.2) is 5.13 Å². The summed E-state index contributed by atoms with van der Waals surface area (Å²) in [4.78, 5) is 4.49. The minimum absolute atomic E-state index is 0.466. The van der Waals surface area contributed by atoms with Crippen LogP contribution in [0.4, 0.5) is 10.8 Å². The maximum Gasteiger partial charge on any atom is 0.184 e. The summed E-state index contributed by atoms with van der Waals surface area (Å²) in [6, 6.07) is 5.66. The van der Waals surface area contributed by atoms with Gasteiger partial charge in [0.1, 0.15) is 0 Å². The van der Waals surface area contributed by atoms with E-state index in [-0.39, 0.29) is 0 Å². The number of anilines is 2. The molecule has 5 heteroatoms. The second kappa shape index (κ2) is 4.10. The first-order valence-electron chi connectivity index (χ1n) is 5.86. The average Bonchev–Trinajstić information content (AvgIpc) is 2.56. The molecule has 0 saturated carbocycles. The second-order valence-electron chi connectivity index (χ2n) is 5.56. The normalized spacial score (nSPS) is 12.9. The van der Waals surface area contributed by atoms with Crippen molar-refractivity contribution in [2.45, 2.75) is 38.8 Å². The number of thiazole rings is 1. The molecule has 1 heterocycles. The first-order chi connectivity index (χ1) is 8.19. The van der Waals surface area contributed by atoms with Crippen LogP contribution in [0.1, 0.15) is 27.7 Å². The van der Waals surface area contributed by atoms with Crippen LogP contribution in [-0.2, 0) is 0 Å². The molecule has 0 aliphatic rings. The topological polar surface area (TPSA) is 71.2 Å². The fourth-order valence-electron chi connectivity index (χ4n) is 1.41. The van der Waals surface area contributed by atoms with E-state index < -0.39 is 11.1 Å². The molecule has 18 heavy (non-hydrogen) atoms. The van der Waals surface area contributed by atoms with Crippen molar-refractivity contribution in [3.63, 3.8) is 0 Å². The van der Waals surface area contributed by atoms with Crippen LogP contribution in [0.5, 0.6) is 0 Å². The zero-order valence-electron chi connectivity index (χ0n) is 11.1. The number of nitrogens with one attached hydrogen (secondary N) is 1. The number of nitrogens with zero attached hydrogens (tertiary/aromatic N) is 1. The number of aromatic nitrogens is 1. The smallest absolute Gasteiger partial charge is 0.184 e. The van der Waals surface area contributed by atoms with Crippen molar-refractivity contribution in [2.24, 2.45) is 0 Å². The van der Waals surface area contributed by atoms with E-state index in [9.17, 15) is 5.11 Å². The van der Waals surface area contributed by atoms with Crippen molar-refractivity contribution in [2.75, 3.05) is 11.1 Å². The van der Waals surface area contributed by atoms with Crippen LogP contribution in [0.25, 0.3) is 10.2 Å². The Labute approximate surface area is 111 Å². The van der Waals surface area contributed by atoms with Gasteiger partial charge in [-0.25, -0.2) is 4.98 Å². The summed E-state index contributed by atoms with van der Waals surface area (Å²) in [6.07, 6.45) is 0. The lowest BCUT2D eigenvalue weighted by Gasteiger charge is -2.37. The number of benzene rings is 1. The van der Waals surface area contributed by atoms with Gasteiger partial charge in [0.2, 0.25) is 0 Å². The summed E-state index contributed by atoms with van der Waals surface area (Å²) in [6.45, 7) is 7.47. The largest absolute Gasteiger partial charge is 0.399 e. The molecule has 4 nitrogen and oxygen atoms in total. The van der Waals surface area contributed by atoms with Gasteiger partial charge in [-0.15, -0.1) is 0 Å². The molecule has 0 saturated heterocycles. The Morgan fingerprint density at radius 3 is 2.56 bits per heavy atom. The minimum atomic E-state index is -0.843. The molecule has 1 aromatic carbocycles. The number of rotatable bonds is 3. The predicted molar refractivity (Wildman–Crippen MR) is 78.0 cm³/mol. The summed E-state index contributed by atoms with van der Waals surface area (Å²) in [5.74, 6) is 0. The van der Waals surface area contributed by atoms with E-state index in [1.807, 2.05) is 32.0 Å². The molecule has 0 aliphatic carbocycles. The van der Waals surface area contributed by atoms with Crippen LogP contribution in [0, 0.1) is 0 Å². The highest BCUT2D eigenvalue weighted by molar-refractivity contribution is 7.22. The number of aliphatic hydroxyl groups is 1. The van der Waals surface area contributed by atoms with E-state index in [2.05, 4.69) is 10.3 Å². The third-order valence-electron chi connectivity index (χ3n) is 3.36. The SMILES string of the molecule is CC(C)(O)C(C)(C)Nc1nc2ccc(N)cc2s1. The molecule has 0 unspecified atom stereocenters. The number of hydrogen-bond donors (Lipinski definition) is 3. The van der Waals surface area contributed by atoms with Crippen molar-refractivity contribution in [1.82, 2.24) is 4.98 Å². The zero-order valence-corrected chi connectivity index (χ0v) is 11.9. The van der Waals surface area contributed by atoms with E-state index in [0.717, 1.165) is 21.0 Å². The Balaban J connectivity index is 2.33. The van der Waals surface area contributed by atoms with Crippen LogP contribution in [0.2, 0.25) is 0 Å². The molecule has 4 N–H and O–H groups in total. The predicted octanol–water partition coefficient (Wildman–Crippen LogP) is 2.84. The highest BCUT2D eigenvalue weighted by Crippen LogP contribution is 2.32. The van der Waals surface area contributed by atoms with Crippen molar-refractivity contribution >= 4 is 32.4 Å². The summed E-state index contributed by atoms with van der Waals surface area (Å²) in [7, 11) is 0. The molecule has 0 fully saturated rings.